The molecule has 0 amide bonds. The second-order valence-electron chi connectivity index (χ2n) is 4.28. The number of aromatic nitrogens is 1. The Morgan fingerprint density at radius 3 is 3.00 bits per heavy atom. The van der Waals surface area contributed by atoms with E-state index in [4.69, 9.17) is 11.6 Å². The molecule has 1 aliphatic heterocycles. The van der Waals surface area contributed by atoms with Gasteiger partial charge in [0.15, 0.2) is 0 Å². The van der Waals surface area contributed by atoms with Gasteiger partial charge in [0.25, 0.3) is 0 Å². The fourth-order valence-corrected chi connectivity index (χ4v) is 2.26. The van der Waals surface area contributed by atoms with Crippen LogP contribution < -0.4 is 10.2 Å². The van der Waals surface area contributed by atoms with E-state index in [2.05, 4.69) is 22.2 Å². The molecule has 1 atom stereocenters. The average Bonchev–Trinajstić information content (AvgIpc) is 2.57. The van der Waals surface area contributed by atoms with Crippen molar-refractivity contribution in [2.45, 2.75) is 25.3 Å². The third-order valence-corrected chi connectivity index (χ3v) is 3.39. The molecule has 2 rings (SSSR count). The zero-order valence-electron chi connectivity index (χ0n) is 9.62. The van der Waals surface area contributed by atoms with Gasteiger partial charge in [-0.3, -0.25) is 0 Å². The van der Waals surface area contributed by atoms with Gasteiger partial charge >= 0.3 is 0 Å². The van der Waals surface area contributed by atoms with Crippen LogP contribution in [0.1, 0.15) is 19.3 Å². The highest BCUT2D eigenvalue weighted by atomic mass is 35.5. The van der Waals surface area contributed by atoms with Crippen molar-refractivity contribution in [1.29, 1.82) is 0 Å². The summed E-state index contributed by atoms with van der Waals surface area (Å²) in [6, 6.07) is 4.47. The Labute approximate surface area is 102 Å². The summed E-state index contributed by atoms with van der Waals surface area (Å²) in [7, 11) is 2.12. The molecule has 1 aromatic heterocycles. The molecule has 1 fully saturated rings. The Bertz CT molecular complexity index is 318. The molecule has 4 heteroatoms. The Morgan fingerprint density at radius 2 is 2.25 bits per heavy atom. The van der Waals surface area contributed by atoms with E-state index >= 15 is 0 Å². The standard InChI is InChI=1S/C12H18ClN3/c1-16(11-3-2-7-14-8-6-11)12-5-4-10(13)9-15-12/h4-5,9,11,14H,2-3,6-8H2,1H3. The van der Waals surface area contributed by atoms with Gasteiger partial charge in [-0.1, -0.05) is 11.6 Å². The predicted octanol–water partition coefficient (Wildman–Crippen LogP) is 2.31. The number of pyridine rings is 1. The Balaban J connectivity index is 2.04. The summed E-state index contributed by atoms with van der Waals surface area (Å²) in [5.41, 5.74) is 0. The third-order valence-electron chi connectivity index (χ3n) is 3.17. The van der Waals surface area contributed by atoms with Crippen LogP contribution in [0, 0.1) is 0 Å². The molecule has 3 nitrogen and oxygen atoms in total. The first-order valence-electron chi connectivity index (χ1n) is 5.82. The van der Waals surface area contributed by atoms with E-state index in [-0.39, 0.29) is 0 Å². The van der Waals surface area contributed by atoms with Crippen LogP contribution in [0.25, 0.3) is 0 Å². The first-order chi connectivity index (χ1) is 7.77. The van der Waals surface area contributed by atoms with Crippen molar-refractivity contribution in [1.82, 2.24) is 10.3 Å². The van der Waals surface area contributed by atoms with E-state index in [1.165, 1.54) is 19.3 Å². The monoisotopic (exact) mass is 239 g/mol. The van der Waals surface area contributed by atoms with Crippen LogP contribution in [-0.2, 0) is 0 Å². The molecule has 1 N–H and O–H groups in total. The van der Waals surface area contributed by atoms with E-state index in [0.29, 0.717) is 11.1 Å². The topological polar surface area (TPSA) is 28.2 Å². The first kappa shape index (κ1) is 11.7. The maximum absolute atomic E-state index is 5.84. The zero-order chi connectivity index (χ0) is 11.4. The minimum absolute atomic E-state index is 0.587. The number of rotatable bonds is 2. The second-order valence-corrected chi connectivity index (χ2v) is 4.72. The van der Waals surface area contributed by atoms with Gasteiger partial charge in [-0.2, -0.15) is 0 Å². The lowest BCUT2D eigenvalue weighted by Gasteiger charge is -2.27. The van der Waals surface area contributed by atoms with E-state index in [0.717, 1.165) is 18.9 Å². The molecule has 88 valence electrons. The number of nitrogens with zero attached hydrogens (tertiary/aromatic N) is 2. The summed E-state index contributed by atoms with van der Waals surface area (Å²) < 4.78 is 0. The van der Waals surface area contributed by atoms with Crippen LogP contribution in [0.2, 0.25) is 5.02 Å². The van der Waals surface area contributed by atoms with Crippen molar-refractivity contribution in [3.8, 4) is 0 Å². The molecule has 1 aromatic rings. The lowest BCUT2D eigenvalue weighted by Crippen LogP contribution is -2.32. The van der Waals surface area contributed by atoms with E-state index in [1.54, 1.807) is 6.20 Å². The summed E-state index contributed by atoms with van der Waals surface area (Å²) in [5.74, 6) is 1.01. The molecule has 16 heavy (non-hydrogen) atoms. The molecule has 0 radical (unpaired) electrons. The molecule has 0 bridgehead atoms. The SMILES string of the molecule is CN(c1ccc(Cl)cn1)C1CCCNCC1. The number of nitrogens with one attached hydrogen (secondary N) is 1. The molecular formula is C12H18ClN3. The highest BCUT2D eigenvalue weighted by Gasteiger charge is 2.17. The van der Waals surface area contributed by atoms with Crippen LogP contribution in [0.3, 0.4) is 0 Å². The summed E-state index contributed by atoms with van der Waals surface area (Å²) in [6.45, 7) is 2.24. The van der Waals surface area contributed by atoms with Crippen LogP contribution in [0.15, 0.2) is 18.3 Å². The predicted molar refractivity (Wildman–Crippen MR) is 68.2 cm³/mol. The number of hydrogen-bond acceptors (Lipinski definition) is 3. The average molecular weight is 240 g/mol. The lowest BCUT2D eigenvalue weighted by molar-refractivity contribution is 0.563. The van der Waals surface area contributed by atoms with Gasteiger partial charge in [0, 0.05) is 19.3 Å². The minimum Gasteiger partial charge on any atom is -0.357 e. The Hall–Kier alpha value is -0.800. The van der Waals surface area contributed by atoms with Crippen molar-refractivity contribution in [2.75, 3.05) is 25.0 Å². The maximum Gasteiger partial charge on any atom is 0.128 e. The van der Waals surface area contributed by atoms with Gasteiger partial charge in [0.2, 0.25) is 0 Å². The minimum atomic E-state index is 0.587. The van der Waals surface area contributed by atoms with E-state index in [1.807, 2.05) is 12.1 Å². The number of hydrogen-bond donors (Lipinski definition) is 1. The molecule has 1 saturated heterocycles. The maximum atomic E-state index is 5.84. The molecule has 0 spiro atoms. The first-order valence-corrected chi connectivity index (χ1v) is 6.20. The van der Waals surface area contributed by atoms with Gasteiger partial charge in [-0.05, 0) is 44.5 Å². The van der Waals surface area contributed by atoms with E-state index in [9.17, 15) is 0 Å². The molecule has 0 aliphatic carbocycles. The van der Waals surface area contributed by atoms with Gasteiger partial charge in [0.1, 0.15) is 5.82 Å². The molecule has 1 unspecified atom stereocenters. The molecule has 2 heterocycles. The normalized spacial score (nSPS) is 21.5. The summed E-state index contributed by atoms with van der Waals surface area (Å²) in [6.07, 6.45) is 5.36. The molecule has 1 aliphatic rings. The Morgan fingerprint density at radius 1 is 1.38 bits per heavy atom. The van der Waals surface area contributed by atoms with Crippen molar-refractivity contribution >= 4 is 17.4 Å². The zero-order valence-corrected chi connectivity index (χ0v) is 10.4. The number of halogens is 1. The smallest absolute Gasteiger partial charge is 0.128 e. The molecular weight excluding hydrogens is 222 g/mol. The Kier molecular flexibility index (Phi) is 4.02. The van der Waals surface area contributed by atoms with Crippen molar-refractivity contribution in [2.24, 2.45) is 0 Å². The van der Waals surface area contributed by atoms with Gasteiger partial charge in [-0.15, -0.1) is 0 Å². The van der Waals surface area contributed by atoms with E-state index < -0.39 is 0 Å². The fourth-order valence-electron chi connectivity index (χ4n) is 2.15. The molecule has 0 saturated carbocycles. The van der Waals surface area contributed by atoms with Crippen LogP contribution in [0.5, 0.6) is 0 Å². The highest BCUT2D eigenvalue weighted by Crippen LogP contribution is 2.19. The largest absolute Gasteiger partial charge is 0.357 e. The van der Waals surface area contributed by atoms with Gasteiger partial charge in [0.05, 0.1) is 5.02 Å². The summed E-state index contributed by atoms with van der Waals surface area (Å²) in [4.78, 5) is 6.62. The number of anilines is 1. The summed E-state index contributed by atoms with van der Waals surface area (Å²) >= 11 is 5.84. The quantitative estimate of drug-likeness (QED) is 0.859. The van der Waals surface area contributed by atoms with Crippen LogP contribution in [0.4, 0.5) is 5.82 Å². The fraction of sp³-hybridized carbons (Fsp3) is 0.583. The van der Waals surface area contributed by atoms with Crippen LogP contribution in [-0.4, -0.2) is 31.2 Å². The van der Waals surface area contributed by atoms with Crippen molar-refractivity contribution < 1.29 is 0 Å². The third kappa shape index (κ3) is 2.86. The van der Waals surface area contributed by atoms with Crippen molar-refractivity contribution in [3.63, 3.8) is 0 Å². The van der Waals surface area contributed by atoms with Gasteiger partial charge < -0.3 is 10.2 Å². The van der Waals surface area contributed by atoms with Crippen molar-refractivity contribution in [3.05, 3.63) is 23.4 Å². The van der Waals surface area contributed by atoms with Crippen LogP contribution >= 0.6 is 11.6 Å². The molecule has 0 aromatic carbocycles. The second kappa shape index (κ2) is 5.51. The summed E-state index contributed by atoms with van der Waals surface area (Å²) in [5, 5.41) is 4.12. The highest BCUT2D eigenvalue weighted by molar-refractivity contribution is 6.30. The van der Waals surface area contributed by atoms with Gasteiger partial charge in [-0.25, -0.2) is 4.98 Å². The lowest BCUT2D eigenvalue weighted by atomic mass is 10.1.